The summed E-state index contributed by atoms with van der Waals surface area (Å²) in [4.78, 5) is 38.5. The zero-order valence-electron chi connectivity index (χ0n) is 12.5. The first kappa shape index (κ1) is 15.2. The number of carbonyl (C=O) groups is 3. The van der Waals surface area contributed by atoms with Gasteiger partial charge in [-0.15, -0.1) is 0 Å². The molecule has 22 heavy (non-hydrogen) atoms. The molecule has 2 unspecified atom stereocenters. The van der Waals surface area contributed by atoms with E-state index in [4.69, 9.17) is 5.11 Å². The lowest BCUT2D eigenvalue weighted by atomic mass is 10.1. The predicted octanol–water partition coefficient (Wildman–Crippen LogP) is 0.803. The van der Waals surface area contributed by atoms with Crippen LogP contribution in [0.15, 0.2) is 0 Å². The number of carboxylic acids is 1. The highest BCUT2D eigenvalue weighted by Crippen LogP contribution is 2.32. The van der Waals surface area contributed by atoms with Gasteiger partial charge in [0.25, 0.3) is 0 Å². The zero-order chi connectivity index (χ0) is 15.9. The molecule has 7 heteroatoms. The Labute approximate surface area is 128 Å². The molecule has 0 radical (unpaired) electrons. The molecule has 122 valence electrons. The van der Waals surface area contributed by atoms with Crippen molar-refractivity contribution in [2.45, 2.75) is 50.2 Å². The van der Waals surface area contributed by atoms with Crippen LogP contribution in [0.5, 0.6) is 0 Å². The van der Waals surface area contributed by atoms with E-state index in [0.29, 0.717) is 6.54 Å². The maximum atomic E-state index is 14.1. The van der Waals surface area contributed by atoms with Gasteiger partial charge in [-0.3, -0.25) is 9.59 Å². The van der Waals surface area contributed by atoms with E-state index in [2.05, 4.69) is 0 Å². The van der Waals surface area contributed by atoms with Gasteiger partial charge in [-0.25, -0.2) is 9.18 Å². The number of likely N-dealkylation sites (tertiary alicyclic amines) is 2. The maximum Gasteiger partial charge on any atom is 0.343 e. The van der Waals surface area contributed by atoms with Gasteiger partial charge in [-0.2, -0.15) is 0 Å². The third-order valence-corrected chi connectivity index (χ3v) is 5.19. The topological polar surface area (TPSA) is 77.9 Å². The summed E-state index contributed by atoms with van der Waals surface area (Å²) < 4.78 is 14.1. The second-order valence-corrected chi connectivity index (χ2v) is 6.67. The highest BCUT2D eigenvalue weighted by molar-refractivity contribution is 5.90. The monoisotopic (exact) mass is 312 g/mol. The molecule has 3 fully saturated rings. The fourth-order valence-corrected chi connectivity index (χ4v) is 3.86. The first-order valence-corrected chi connectivity index (χ1v) is 7.91. The standard InChI is InChI=1S/C15H21FN2O4/c16-15(14(21)22)5-6-17(9-15)13(20)10-7-12(19)18(8-10)11-3-1-2-4-11/h10-11H,1-9H2,(H,21,22). The Kier molecular flexibility index (Phi) is 3.82. The van der Waals surface area contributed by atoms with Crippen molar-refractivity contribution in [2.24, 2.45) is 5.92 Å². The third-order valence-electron chi connectivity index (χ3n) is 5.19. The average Bonchev–Trinajstić information content (AvgIpc) is 3.17. The smallest absolute Gasteiger partial charge is 0.343 e. The minimum atomic E-state index is -2.34. The Bertz CT molecular complexity index is 506. The molecule has 1 saturated carbocycles. The summed E-state index contributed by atoms with van der Waals surface area (Å²) in [6.07, 6.45) is 4.19. The van der Waals surface area contributed by atoms with Gasteiger partial charge in [0.15, 0.2) is 0 Å². The Morgan fingerprint density at radius 3 is 2.55 bits per heavy atom. The van der Waals surface area contributed by atoms with E-state index in [1.807, 2.05) is 0 Å². The van der Waals surface area contributed by atoms with Crippen LogP contribution < -0.4 is 0 Å². The van der Waals surface area contributed by atoms with Crippen LogP contribution in [0.4, 0.5) is 4.39 Å². The van der Waals surface area contributed by atoms with E-state index >= 15 is 0 Å². The molecule has 0 aromatic carbocycles. The second-order valence-electron chi connectivity index (χ2n) is 6.67. The molecule has 1 aliphatic carbocycles. The van der Waals surface area contributed by atoms with Crippen molar-refractivity contribution in [3.8, 4) is 0 Å². The number of hydrogen-bond acceptors (Lipinski definition) is 3. The van der Waals surface area contributed by atoms with Gasteiger partial charge in [0.1, 0.15) is 0 Å². The lowest BCUT2D eigenvalue weighted by Crippen LogP contribution is -2.42. The highest BCUT2D eigenvalue weighted by Gasteiger charge is 2.49. The Morgan fingerprint density at radius 1 is 1.27 bits per heavy atom. The van der Waals surface area contributed by atoms with E-state index in [9.17, 15) is 18.8 Å². The molecule has 2 heterocycles. The van der Waals surface area contributed by atoms with Crippen LogP contribution in [0.2, 0.25) is 0 Å². The fourth-order valence-electron chi connectivity index (χ4n) is 3.86. The van der Waals surface area contributed by atoms with Crippen LogP contribution >= 0.6 is 0 Å². The largest absolute Gasteiger partial charge is 0.479 e. The van der Waals surface area contributed by atoms with Crippen molar-refractivity contribution in [1.29, 1.82) is 0 Å². The van der Waals surface area contributed by atoms with E-state index in [-0.39, 0.29) is 37.2 Å². The van der Waals surface area contributed by atoms with Crippen LogP contribution in [0.3, 0.4) is 0 Å². The van der Waals surface area contributed by atoms with Crippen LogP contribution in [0.25, 0.3) is 0 Å². The Morgan fingerprint density at radius 2 is 1.95 bits per heavy atom. The number of amides is 2. The summed E-state index contributed by atoms with van der Waals surface area (Å²) in [5, 5.41) is 8.89. The van der Waals surface area contributed by atoms with Crippen molar-refractivity contribution in [1.82, 2.24) is 9.80 Å². The molecule has 3 aliphatic rings. The van der Waals surface area contributed by atoms with Crippen molar-refractivity contribution in [3.63, 3.8) is 0 Å². The van der Waals surface area contributed by atoms with Gasteiger partial charge >= 0.3 is 5.97 Å². The number of carbonyl (C=O) groups excluding carboxylic acids is 2. The van der Waals surface area contributed by atoms with Gasteiger partial charge in [0, 0.05) is 32.0 Å². The van der Waals surface area contributed by atoms with Gasteiger partial charge < -0.3 is 14.9 Å². The lowest BCUT2D eigenvalue weighted by molar-refractivity contribution is -0.150. The Hall–Kier alpha value is -1.66. The number of nitrogens with zero attached hydrogens (tertiary/aromatic N) is 2. The first-order valence-electron chi connectivity index (χ1n) is 7.91. The van der Waals surface area contributed by atoms with E-state index < -0.39 is 24.1 Å². The normalized spacial score (nSPS) is 33.0. The average molecular weight is 312 g/mol. The zero-order valence-corrected chi connectivity index (χ0v) is 12.5. The van der Waals surface area contributed by atoms with Crippen LogP contribution in [-0.4, -0.2) is 64.0 Å². The summed E-state index contributed by atoms with van der Waals surface area (Å²) in [5.41, 5.74) is -2.34. The number of carboxylic acid groups (broad SMARTS) is 1. The highest BCUT2D eigenvalue weighted by atomic mass is 19.1. The summed E-state index contributed by atoms with van der Waals surface area (Å²) in [6.45, 7) is 0.0935. The van der Waals surface area contributed by atoms with E-state index in [1.165, 1.54) is 4.90 Å². The fraction of sp³-hybridized carbons (Fsp3) is 0.800. The molecular weight excluding hydrogens is 291 g/mol. The molecule has 6 nitrogen and oxygen atoms in total. The molecule has 0 bridgehead atoms. The van der Waals surface area contributed by atoms with Gasteiger partial charge in [-0.1, -0.05) is 12.8 Å². The van der Waals surface area contributed by atoms with E-state index in [1.54, 1.807) is 4.90 Å². The van der Waals surface area contributed by atoms with Crippen LogP contribution in [0, 0.1) is 5.92 Å². The Balaban J connectivity index is 1.62. The third kappa shape index (κ3) is 2.57. The molecule has 2 aliphatic heterocycles. The van der Waals surface area contributed by atoms with Gasteiger partial charge in [-0.05, 0) is 12.8 Å². The van der Waals surface area contributed by atoms with Crippen LogP contribution in [-0.2, 0) is 14.4 Å². The number of halogens is 1. The molecular formula is C15H21FN2O4. The SMILES string of the molecule is O=C(C1CC(=O)N(C2CCCC2)C1)N1CCC(F)(C(=O)O)C1. The van der Waals surface area contributed by atoms with Crippen molar-refractivity contribution in [2.75, 3.05) is 19.6 Å². The molecule has 2 amide bonds. The summed E-state index contributed by atoms with van der Waals surface area (Å²) >= 11 is 0. The summed E-state index contributed by atoms with van der Waals surface area (Å²) in [6, 6.07) is 0.239. The maximum absolute atomic E-state index is 14.1. The minimum absolute atomic E-state index is 0.00538. The molecule has 0 aromatic rings. The van der Waals surface area contributed by atoms with Crippen molar-refractivity contribution in [3.05, 3.63) is 0 Å². The van der Waals surface area contributed by atoms with Crippen molar-refractivity contribution < 1.29 is 23.9 Å². The number of rotatable bonds is 3. The minimum Gasteiger partial charge on any atom is -0.479 e. The molecule has 3 rings (SSSR count). The molecule has 2 saturated heterocycles. The molecule has 1 N–H and O–H groups in total. The van der Waals surface area contributed by atoms with Gasteiger partial charge in [0.2, 0.25) is 17.5 Å². The second kappa shape index (κ2) is 5.52. The van der Waals surface area contributed by atoms with Gasteiger partial charge in [0.05, 0.1) is 12.5 Å². The predicted molar refractivity (Wildman–Crippen MR) is 74.7 cm³/mol. The number of hydrogen-bond donors (Lipinski definition) is 1. The van der Waals surface area contributed by atoms with Crippen molar-refractivity contribution >= 4 is 17.8 Å². The summed E-state index contributed by atoms with van der Waals surface area (Å²) in [5.74, 6) is -2.26. The number of aliphatic carboxylic acids is 1. The first-order chi connectivity index (χ1) is 10.4. The summed E-state index contributed by atoms with van der Waals surface area (Å²) in [7, 11) is 0. The molecule has 2 atom stereocenters. The quantitative estimate of drug-likeness (QED) is 0.836. The molecule has 0 aromatic heterocycles. The lowest BCUT2D eigenvalue weighted by Gasteiger charge is -2.25. The van der Waals surface area contributed by atoms with E-state index in [0.717, 1.165) is 25.7 Å². The molecule has 0 spiro atoms. The number of alkyl halides is 1. The van der Waals surface area contributed by atoms with Crippen LogP contribution in [0.1, 0.15) is 38.5 Å².